The lowest BCUT2D eigenvalue weighted by Gasteiger charge is -2.06. The zero-order chi connectivity index (χ0) is 13.6. The number of hydrogen-bond acceptors (Lipinski definition) is 3. The first-order valence-electron chi connectivity index (χ1n) is 5.67. The summed E-state index contributed by atoms with van der Waals surface area (Å²) in [7, 11) is 0. The minimum Gasteiger partial charge on any atom is -0.304 e. The summed E-state index contributed by atoms with van der Waals surface area (Å²) in [6.07, 6.45) is 3.58. The van der Waals surface area contributed by atoms with Gasteiger partial charge in [0, 0.05) is 12.1 Å². The minimum atomic E-state index is -0.222. The number of aromatic amines is 1. The summed E-state index contributed by atoms with van der Waals surface area (Å²) < 4.78 is 0.490. The van der Waals surface area contributed by atoms with E-state index in [2.05, 4.69) is 30.9 Å². The van der Waals surface area contributed by atoms with Gasteiger partial charge in [0.05, 0.1) is 15.7 Å². The highest BCUT2D eigenvalue weighted by Crippen LogP contribution is 2.41. The summed E-state index contributed by atoms with van der Waals surface area (Å²) in [6, 6.07) is 1.57. The number of nitrogens with one attached hydrogen (secondary N) is 1. The largest absolute Gasteiger partial charge is 0.304 e. The molecule has 1 aliphatic carbocycles. The Labute approximate surface area is 127 Å². The highest BCUT2D eigenvalue weighted by molar-refractivity contribution is 9.10. The summed E-state index contributed by atoms with van der Waals surface area (Å²) in [5.74, 6) is 0.721. The van der Waals surface area contributed by atoms with E-state index in [9.17, 15) is 4.79 Å². The standard InChI is InChI=1S/C12H8BrCl2N3O/c13-8-9(5-1-2-5)17-11(18-12(8)19)10-7(15)3-6(14)4-16-10/h3-5H,1-2H2,(H,17,18,19). The molecule has 4 nitrogen and oxygen atoms in total. The highest BCUT2D eigenvalue weighted by atomic mass is 79.9. The van der Waals surface area contributed by atoms with Crippen LogP contribution in [0.5, 0.6) is 0 Å². The van der Waals surface area contributed by atoms with Crippen LogP contribution in [0.15, 0.2) is 21.5 Å². The third-order valence-electron chi connectivity index (χ3n) is 2.88. The number of hydrogen-bond donors (Lipinski definition) is 1. The number of halogens is 3. The molecular formula is C12H8BrCl2N3O. The molecule has 0 saturated heterocycles. The van der Waals surface area contributed by atoms with Gasteiger partial charge in [0.1, 0.15) is 10.2 Å². The predicted octanol–water partition coefficient (Wildman–Crippen LogP) is 3.78. The quantitative estimate of drug-likeness (QED) is 0.886. The van der Waals surface area contributed by atoms with Crippen molar-refractivity contribution in [1.82, 2.24) is 15.0 Å². The lowest BCUT2D eigenvalue weighted by atomic mass is 10.2. The van der Waals surface area contributed by atoms with Gasteiger partial charge in [0.2, 0.25) is 0 Å². The van der Waals surface area contributed by atoms with Gasteiger partial charge in [-0.25, -0.2) is 9.97 Å². The molecule has 19 heavy (non-hydrogen) atoms. The molecule has 0 bridgehead atoms. The molecule has 2 aromatic rings. The monoisotopic (exact) mass is 359 g/mol. The van der Waals surface area contributed by atoms with E-state index in [1.54, 1.807) is 6.07 Å². The summed E-state index contributed by atoms with van der Waals surface area (Å²) in [5.41, 5.74) is 0.976. The molecule has 1 fully saturated rings. The van der Waals surface area contributed by atoms with Crippen molar-refractivity contribution in [2.75, 3.05) is 0 Å². The first kappa shape index (κ1) is 13.1. The normalized spacial score (nSPS) is 14.7. The molecule has 2 heterocycles. The Morgan fingerprint density at radius 1 is 1.37 bits per heavy atom. The van der Waals surface area contributed by atoms with Gasteiger partial charge in [0.25, 0.3) is 5.56 Å². The van der Waals surface area contributed by atoms with Crippen LogP contribution < -0.4 is 5.56 Å². The van der Waals surface area contributed by atoms with Crippen LogP contribution in [0.1, 0.15) is 24.5 Å². The maximum Gasteiger partial charge on any atom is 0.265 e. The van der Waals surface area contributed by atoms with Crippen LogP contribution >= 0.6 is 39.1 Å². The Morgan fingerprint density at radius 2 is 2.11 bits per heavy atom. The van der Waals surface area contributed by atoms with Crippen LogP contribution in [0, 0.1) is 0 Å². The number of aromatic nitrogens is 3. The lowest BCUT2D eigenvalue weighted by molar-refractivity contribution is 0.954. The summed E-state index contributed by atoms with van der Waals surface area (Å²) in [4.78, 5) is 23.2. The molecule has 0 atom stereocenters. The van der Waals surface area contributed by atoms with Crippen molar-refractivity contribution in [3.63, 3.8) is 0 Å². The van der Waals surface area contributed by atoms with E-state index in [-0.39, 0.29) is 5.56 Å². The van der Waals surface area contributed by atoms with Gasteiger partial charge in [-0.2, -0.15) is 0 Å². The van der Waals surface area contributed by atoms with Gasteiger partial charge < -0.3 is 4.98 Å². The van der Waals surface area contributed by atoms with E-state index in [4.69, 9.17) is 23.2 Å². The third-order valence-corrected chi connectivity index (χ3v) is 4.15. The molecule has 1 N–H and O–H groups in total. The average Bonchev–Trinajstić information content (AvgIpc) is 3.17. The van der Waals surface area contributed by atoms with Gasteiger partial charge in [-0.3, -0.25) is 4.79 Å². The molecule has 0 aromatic carbocycles. The molecule has 1 aliphatic rings. The Morgan fingerprint density at radius 3 is 2.74 bits per heavy atom. The van der Waals surface area contributed by atoms with E-state index in [0.29, 0.717) is 32.0 Å². The number of H-pyrrole nitrogens is 1. The number of nitrogens with zero attached hydrogens (tertiary/aromatic N) is 2. The van der Waals surface area contributed by atoms with Crippen molar-refractivity contribution >= 4 is 39.1 Å². The average molecular weight is 361 g/mol. The Bertz CT molecular complexity index is 713. The topological polar surface area (TPSA) is 58.6 Å². The van der Waals surface area contributed by atoms with Crippen molar-refractivity contribution < 1.29 is 0 Å². The second-order valence-electron chi connectivity index (χ2n) is 4.37. The second kappa shape index (κ2) is 4.89. The molecule has 3 rings (SSSR count). The first-order valence-corrected chi connectivity index (χ1v) is 7.22. The van der Waals surface area contributed by atoms with Crippen LogP contribution in [-0.2, 0) is 0 Å². The maximum atomic E-state index is 11.9. The van der Waals surface area contributed by atoms with E-state index in [0.717, 1.165) is 18.5 Å². The van der Waals surface area contributed by atoms with Crippen molar-refractivity contribution in [1.29, 1.82) is 0 Å². The van der Waals surface area contributed by atoms with Crippen molar-refractivity contribution in [3.8, 4) is 11.5 Å². The second-order valence-corrected chi connectivity index (χ2v) is 6.01. The molecule has 0 amide bonds. The van der Waals surface area contributed by atoms with Gasteiger partial charge in [-0.1, -0.05) is 23.2 Å². The smallest absolute Gasteiger partial charge is 0.265 e. The molecule has 7 heteroatoms. The van der Waals surface area contributed by atoms with Crippen molar-refractivity contribution in [3.05, 3.63) is 42.8 Å². The fourth-order valence-corrected chi connectivity index (χ4v) is 2.79. The molecule has 98 valence electrons. The molecule has 0 radical (unpaired) electrons. The molecule has 2 aromatic heterocycles. The number of rotatable bonds is 2. The van der Waals surface area contributed by atoms with E-state index in [1.165, 1.54) is 6.20 Å². The zero-order valence-electron chi connectivity index (χ0n) is 9.58. The first-order chi connectivity index (χ1) is 9.06. The summed E-state index contributed by atoms with van der Waals surface area (Å²) in [5, 5.41) is 0.801. The van der Waals surface area contributed by atoms with Crippen LogP contribution in [-0.4, -0.2) is 15.0 Å². The lowest BCUT2D eigenvalue weighted by Crippen LogP contribution is -2.13. The van der Waals surface area contributed by atoms with Gasteiger partial charge >= 0.3 is 0 Å². The third kappa shape index (κ3) is 2.55. The van der Waals surface area contributed by atoms with Crippen LogP contribution in [0.3, 0.4) is 0 Å². The van der Waals surface area contributed by atoms with Gasteiger partial charge in [-0.05, 0) is 34.8 Å². The predicted molar refractivity (Wildman–Crippen MR) is 77.8 cm³/mol. The van der Waals surface area contributed by atoms with Crippen molar-refractivity contribution in [2.45, 2.75) is 18.8 Å². The van der Waals surface area contributed by atoms with Crippen LogP contribution in [0.4, 0.5) is 0 Å². The summed E-state index contributed by atoms with van der Waals surface area (Å²) >= 11 is 15.2. The highest BCUT2D eigenvalue weighted by Gasteiger charge is 2.29. The van der Waals surface area contributed by atoms with Crippen LogP contribution in [0.2, 0.25) is 10.0 Å². The fourth-order valence-electron chi connectivity index (χ4n) is 1.80. The number of pyridine rings is 1. The van der Waals surface area contributed by atoms with Crippen molar-refractivity contribution in [2.24, 2.45) is 0 Å². The molecule has 0 unspecified atom stereocenters. The van der Waals surface area contributed by atoms with E-state index >= 15 is 0 Å². The molecule has 0 aliphatic heterocycles. The molecule has 1 saturated carbocycles. The minimum absolute atomic E-state index is 0.222. The zero-order valence-corrected chi connectivity index (χ0v) is 12.7. The maximum absolute atomic E-state index is 11.9. The SMILES string of the molecule is O=c1[nH]c(-c2ncc(Cl)cc2Cl)nc(C2CC2)c1Br. The Kier molecular flexibility index (Phi) is 3.37. The Balaban J connectivity index is 2.17. The van der Waals surface area contributed by atoms with Gasteiger partial charge in [0.15, 0.2) is 5.82 Å². The van der Waals surface area contributed by atoms with Crippen LogP contribution in [0.25, 0.3) is 11.5 Å². The summed E-state index contributed by atoms with van der Waals surface area (Å²) in [6.45, 7) is 0. The van der Waals surface area contributed by atoms with E-state index in [1.807, 2.05) is 0 Å². The van der Waals surface area contributed by atoms with E-state index < -0.39 is 0 Å². The van der Waals surface area contributed by atoms with Gasteiger partial charge in [-0.15, -0.1) is 0 Å². The molecular weight excluding hydrogens is 353 g/mol. The fraction of sp³-hybridized carbons (Fsp3) is 0.250. The Hall–Kier alpha value is -0.910. The molecule has 0 spiro atoms.